The van der Waals surface area contributed by atoms with Crippen LogP contribution in [-0.2, 0) is 16.2 Å². The first-order chi connectivity index (χ1) is 15.5. The molecule has 0 aromatic heterocycles. The van der Waals surface area contributed by atoms with Gasteiger partial charge >= 0.3 is 0 Å². The summed E-state index contributed by atoms with van der Waals surface area (Å²) in [6.07, 6.45) is 1.49. The van der Waals surface area contributed by atoms with Crippen LogP contribution in [0.3, 0.4) is 0 Å². The van der Waals surface area contributed by atoms with E-state index in [0.717, 1.165) is 16.7 Å². The molecular formula is C25H25FN2O4. The standard InChI is InChI=1S/C25H25FN2O4/c1-18(21-9-11-22(26)12-10-21)28-25(29)17-32-27-15-20-8-13-23(24(14-20)30-2)31-16-19-6-4-3-5-7-19/h3-15,18H,16-17H2,1-2H3,(H,28,29)/b27-15+. The lowest BCUT2D eigenvalue weighted by Gasteiger charge is -2.13. The summed E-state index contributed by atoms with van der Waals surface area (Å²) in [4.78, 5) is 17.1. The first kappa shape index (κ1) is 22.8. The van der Waals surface area contributed by atoms with E-state index in [0.29, 0.717) is 18.1 Å². The van der Waals surface area contributed by atoms with Crippen molar-refractivity contribution in [2.75, 3.05) is 13.7 Å². The number of hydrogen-bond donors (Lipinski definition) is 1. The van der Waals surface area contributed by atoms with Crippen LogP contribution in [0.4, 0.5) is 4.39 Å². The topological polar surface area (TPSA) is 69.2 Å². The molecule has 0 fully saturated rings. The molecule has 0 radical (unpaired) electrons. The summed E-state index contributed by atoms with van der Waals surface area (Å²) in [5.74, 6) is 0.526. The van der Waals surface area contributed by atoms with Crippen molar-refractivity contribution in [1.29, 1.82) is 0 Å². The van der Waals surface area contributed by atoms with Crippen LogP contribution in [0.1, 0.15) is 29.7 Å². The maximum Gasteiger partial charge on any atom is 0.261 e. The Morgan fingerprint density at radius 2 is 1.81 bits per heavy atom. The smallest absolute Gasteiger partial charge is 0.261 e. The van der Waals surface area contributed by atoms with E-state index in [9.17, 15) is 9.18 Å². The number of methoxy groups -OCH3 is 1. The Morgan fingerprint density at radius 1 is 1.06 bits per heavy atom. The molecule has 1 amide bonds. The maximum absolute atomic E-state index is 13.0. The summed E-state index contributed by atoms with van der Waals surface area (Å²) in [6.45, 7) is 2.00. The molecule has 166 valence electrons. The van der Waals surface area contributed by atoms with E-state index in [4.69, 9.17) is 14.3 Å². The number of hydrogen-bond acceptors (Lipinski definition) is 5. The Morgan fingerprint density at radius 3 is 2.53 bits per heavy atom. The summed E-state index contributed by atoms with van der Waals surface area (Å²) in [5.41, 5.74) is 2.58. The van der Waals surface area contributed by atoms with E-state index in [1.807, 2.05) is 43.3 Å². The highest BCUT2D eigenvalue weighted by Gasteiger charge is 2.10. The quantitative estimate of drug-likeness (QED) is 0.371. The second-order valence-corrected chi connectivity index (χ2v) is 7.03. The van der Waals surface area contributed by atoms with Crippen molar-refractivity contribution >= 4 is 12.1 Å². The van der Waals surface area contributed by atoms with Crippen molar-refractivity contribution in [2.24, 2.45) is 5.16 Å². The predicted octanol–water partition coefficient (Wildman–Crippen LogP) is 4.64. The molecule has 0 heterocycles. The number of amides is 1. The fraction of sp³-hybridized carbons (Fsp3) is 0.200. The molecule has 0 aliphatic rings. The minimum absolute atomic E-state index is 0.239. The lowest BCUT2D eigenvalue weighted by Crippen LogP contribution is -2.29. The summed E-state index contributed by atoms with van der Waals surface area (Å²) in [5, 5.41) is 6.61. The van der Waals surface area contributed by atoms with Gasteiger partial charge in [0.2, 0.25) is 0 Å². The molecule has 0 saturated heterocycles. The average Bonchev–Trinajstić information content (AvgIpc) is 2.81. The molecule has 6 nitrogen and oxygen atoms in total. The van der Waals surface area contributed by atoms with E-state index < -0.39 is 0 Å². The van der Waals surface area contributed by atoms with Gasteiger partial charge in [-0.15, -0.1) is 0 Å². The van der Waals surface area contributed by atoms with Gasteiger partial charge in [-0.3, -0.25) is 4.79 Å². The number of halogens is 1. The van der Waals surface area contributed by atoms with Crippen molar-refractivity contribution in [3.8, 4) is 11.5 Å². The van der Waals surface area contributed by atoms with Gasteiger partial charge in [0.05, 0.1) is 19.4 Å². The molecule has 0 saturated carbocycles. The molecule has 1 atom stereocenters. The largest absolute Gasteiger partial charge is 0.493 e. The first-order valence-electron chi connectivity index (χ1n) is 10.1. The Balaban J connectivity index is 1.48. The van der Waals surface area contributed by atoms with Gasteiger partial charge in [0.25, 0.3) is 5.91 Å². The normalized spacial score (nSPS) is 11.7. The molecule has 1 N–H and O–H groups in total. The second kappa shape index (κ2) is 11.5. The second-order valence-electron chi connectivity index (χ2n) is 7.03. The highest BCUT2D eigenvalue weighted by molar-refractivity contribution is 5.81. The Labute approximate surface area is 186 Å². The van der Waals surface area contributed by atoms with Crippen molar-refractivity contribution in [1.82, 2.24) is 5.32 Å². The molecule has 0 bridgehead atoms. The zero-order chi connectivity index (χ0) is 22.8. The number of rotatable bonds is 10. The molecule has 3 aromatic carbocycles. The highest BCUT2D eigenvalue weighted by Crippen LogP contribution is 2.28. The van der Waals surface area contributed by atoms with Gasteiger partial charge in [-0.2, -0.15) is 0 Å². The van der Waals surface area contributed by atoms with Crippen molar-refractivity contribution in [3.05, 3.63) is 95.3 Å². The van der Waals surface area contributed by atoms with E-state index in [1.54, 1.807) is 31.4 Å². The van der Waals surface area contributed by atoms with Crippen LogP contribution in [0.2, 0.25) is 0 Å². The third-order valence-corrected chi connectivity index (χ3v) is 4.64. The Bertz CT molecular complexity index is 1040. The monoisotopic (exact) mass is 436 g/mol. The molecule has 1 unspecified atom stereocenters. The van der Waals surface area contributed by atoms with Gasteiger partial charge in [-0.1, -0.05) is 47.6 Å². The fourth-order valence-electron chi connectivity index (χ4n) is 2.93. The third kappa shape index (κ3) is 6.84. The molecule has 7 heteroatoms. The molecule has 32 heavy (non-hydrogen) atoms. The minimum atomic E-state index is -0.332. The van der Waals surface area contributed by atoms with Gasteiger partial charge in [0.1, 0.15) is 12.4 Å². The average molecular weight is 436 g/mol. The predicted molar refractivity (Wildman–Crippen MR) is 120 cm³/mol. The number of nitrogens with one attached hydrogen (secondary N) is 1. The summed E-state index contributed by atoms with van der Waals surface area (Å²) in [6, 6.07) is 20.9. The molecule has 3 rings (SSSR count). The number of oxime groups is 1. The first-order valence-corrected chi connectivity index (χ1v) is 10.1. The van der Waals surface area contributed by atoms with Gasteiger partial charge in [-0.25, -0.2) is 4.39 Å². The van der Waals surface area contributed by atoms with Gasteiger partial charge < -0.3 is 19.6 Å². The molecule has 0 aliphatic carbocycles. The Hall–Kier alpha value is -3.87. The van der Waals surface area contributed by atoms with E-state index in [-0.39, 0.29) is 24.4 Å². The number of benzene rings is 3. The summed E-state index contributed by atoms with van der Waals surface area (Å²) < 4.78 is 24.2. The van der Waals surface area contributed by atoms with E-state index in [1.165, 1.54) is 18.3 Å². The zero-order valence-electron chi connectivity index (χ0n) is 18.0. The molecule has 3 aromatic rings. The van der Waals surface area contributed by atoms with Gasteiger partial charge in [-0.05, 0) is 48.4 Å². The molecular weight excluding hydrogens is 411 g/mol. The molecule has 0 aliphatic heterocycles. The van der Waals surface area contributed by atoms with Crippen LogP contribution in [0.15, 0.2) is 78.0 Å². The number of ether oxygens (including phenoxy) is 2. The Kier molecular flexibility index (Phi) is 8.20. The van der Waals surface area contributed by atoms with Gasteiger partial charge in [0, 0.05) is 5.56 Å². The van der Waals surface area contributed by atoms with Crippen molar-refractivity contribution < 1.29 is 23.5 Å². The highest BCUT2D eigenvalue weighted by atomic mass is 19.1. The van der Waals surface area contributed by atoms with E-state index >= 15 is 0 Å². The van der Waals surface area contributed by atoms with Crippen LogP contribution >= 0.6 is 0 Å². The maximum atomic E-state index is 13.0. The SMILES string of the molecule is COc1cc(/C=N/OCC(=O)NC(C)c2ccc(F)cc2)ccc1OCc1ccccc1. The van der Waals surface area contributed by atoms with Crippen LogP contribution in [0.5, 0.6) is 11.5 Å². The summed E-state index contributed by atoms with van der Waals surface area (Å²) >= 11 is 0. The lowest BCUT2D eigenvalue weighted by atomic mass is 10.1. The third-order valence-electron chi connectivity index (χ3n) is 4.64. The van der Waals surface area contributed by atoms with E-state index in [2.05, 4.69) is 10.5 Å². The number of nitrogens with zero attached hydrogens (tertiary/aromatic N) is 1. The van der Waals surface area contributed by atoms with Crippen LogP contribution < -0.4 is 14.8 Å². The van der Waals surface area contributed by atoms with Crippen molar-refractivity contribution in [2.45, 2.75) is 19.6 Å². The fourth-order valence-corrected chi connectivity index (χ4v) is 2.93. The van der Waals surface area contributed by atoms with Crippen LogP contribution in [-0.4, -0.2) is 25.8 Å². The number of carbonyl (C=O) groups excluding carboxylic acids is 1. The number of carbonyl (C=O) groups is 1. The van der Waals surface area contributed by atoms with Crippen LogP contribution in [0, 0.1) is 5.82 Å². The van der Waals surface area contributed by atoms with Gasteiger partial charge in [0.15, 0.2) is 18.1 Å². The van der Waals surface area contributed by atoms with Crippen LogP contribution in [0.25, 0.3) is 0 Å². The lowest BCUT2D eigenvalue weighted by molar-refractivity contribution is -0.126. The zero-order valence-corrected chi connectivity index (χ0v) is 18.0. The minimum Gasteiger partial charge on any atom is -0.493 e. The van der Waals surface area contributed by atoms with Crippen molar-refractivity contribution in [3.63, 3.8) is 0 Å². The molecule has 0 spiro atoms. The summed E-state index contributed by atoms with van der Waals surface area (Å²) in [7, 11) is 1.56.